The fourth-order valence-corrected chi connectivity index (χ4v) is 1.96. The average molecular weight is 267 g/mol. The Morgan fingerprint density at radius 2 is 1.87 bits per heavy atom. The molecule has 0 nitrogen and oxygen atoms in total. The second-order valence-electron chi connectivity index (χ2n) is 5.05. The highest BCUT2D eigenvalue weighted by molar-refractivity contribution is 9.10. The summed E-state index contributed by atoms with van der Waals surface area (Å²) in [7, 11) is 0. The molecular formula is C14H19Br. The highest BCUT2D eigenvalue weighted by atomic mass is 79.9. The first-order valence-electron chi connectivity index (χ1n) is 5.28. The SMILES string of the molecule is C=CC(C)c1cc(Br)cc(C(C)(C)C)c1. The molecule has 0 heterocycles. The van der Waals surface area contributed by atoms with E-state index < -0.39 is 0 Å². The molecule has 0 saturated heterocycles. The summed E-state index contributed by atoms with van der Waals surface area (Å²) < 4.78 is 1.15. The molecule has 0 aliphatic carbocycles. The van der Waals surface area contributed by atoms with E-state index >= 15 is 0 Å². The molecule has 0 saturated carbocycles. The van der Waals surface area contributed by atoms with E-state index in [1.165, 1.54) is 11.1 Å². The van der Waals surface area contributed by atoms with Crippen molar-refractivity contribution >= 4 is 15.9 Å². The second-order valence-corrected chi connectivity index (χ2v) is 5.96. The van der Waals surface area contributed by atoms with Gasteiger partial charge in [-0.3, -0.25) is 0 Å². The Labute approximate surface area is 102 Å². The van der Waals surface area contributed by atoms with E-state index in [2.05, 4.69) is 68.4 Å². The number of hydrogen-bond acceptors (Lipinski definition) is 0. The number of benzene rings is 1. The van der Waals surface area contributed by atoms with Gasteiger partial charge in [0, 0.05) is 4.47 Å². The Kier molecular flexibility index (Phi) is 3.77. The topological polar surface area (TPSA) is 0 Å². The van der Waals surface area contributed by atoms with Crippen molar-refractivity contribution in [1.29, 1.82) is 0 Å². The second kappa shape index (κ2) is 4.52. The quantitative estimate of drug-likeness (QED) is 0.659. The molecule has 0 spiro atoms. The van der Waals surface area contributed by atoms with E-state index in [9.17, 15) is 0 Å². The lowest BCUT2D eigenvalue weighted by Gasteiger charge is -2.21. The molecule has 0 aliphatic rings. The molecule has 0 radical (unpaired) electrons. The average Bonchev–Trinajstić information content (AvgIpc) is 2.14. The normalized spacial score (nSPS) is 13.7. The summed E-state index contributed by atoms with van der Waals surface area (Å²) in [5.41, 5.74) is 2.88. The van der Waals surface area contributed by atoms with E-state index in [0.717, 1.165) is 4.47 Å². The van der Waals surface area contributed by atoms with Gasteiger partial charge >= 0.3 is 0 Å². The summed E-state index contributed by atoms with van der Waals surface area (Å²) in [6.07, 6.45) is 1.98. The van der Waals surface area contributed by atoms with Gasteiger partial charge in [-0.25, -0.2) is 0 Å². The summed E-state index contributed by atoms with van der Waals surface area (Å²) in [6.45, 7) is 12.7. The minimum Gasteiger partial charge on any atom is -0.102 e. The predicted octanol–water partition coefficient (Wildman–Crippen LogP) is 5.04. The maximum atomic E-state index is 3.84. The largest absolute Gasteiger partial charge is 0.102 e. The molecule has 1 aromatic carbocycles. The van der Waals surface area contributed by atoms with Gasteiger partial charge in [0.2, 0.25) is 0 Å². The third kappa shape index (κ3) is 3.20. The fourth-order valence-electron chi connectivity index (χ4n) is 1.44. The zero-order valence-corrected chi connectivity index (χ0v) is 11.6. The fraction of sp³-hybridized carbons (Fsp3) is 0.429. The lowest BCUT2D eigenvalue weighted by atomic mass is 9.85. The number of rotatable bonds is 2. The molecule has 0 N–H and O–H groups in total. The number of halogens is 1. The molecule has 0 aliphatic heterocycles. The van der Waals surface area contributed by atoms with Crippen molar-refractivity contribution in [3.63, 3.8) is 0 Å². The molecule has 0 fully saturated rings. The third-order valence-electron chi connectivity index (χ3n) is 2.67. The van der Waals surface area contributed by atoms with Gasteiger partial charge in [-0.2, -0.15) is 0 Å². The Morgan fingerprint density at radius 3 is 2.33 bits per heavy atom. The molecule has 1 heteroatoms. The molecule has 0 amide bonds. The molecule has 82 valence electrons. The number of hydrogen-bond donors (Lipinski definition) is 0. The van der Waals surface area contributed by atoms with Crippen LogP contribution >= 0.6 is 15.9 Å². The van der Waals surface area contributed by atoms with Crippen LogP contribution in [0.5, 0.6) is 0 Å². The van der Waals surface area contributed by atoms with Crippen LogP contribution in [0.25, 0.3) is 0 Å². The van der Waals surface area contributed by atoms with Gasteiger partial charge in [-0.15, -0.1) is 6.58 Å². The third-order valence-corrected chi connectivity index (χ3v) is 3.12. The maximum Gasteiger partial charge on any atom is 0.0181 e. The first kappa shape index (κ1) is 12.5. The van der Waals surface area contributed by atoms with Gasteiger partial charge in [0.1, 0.15) is 0 Å². The molecule has 0 bridgehead atoms. The van der Waals surface area contributed by atoms with Crippen LogP contribution < -0.4 is 0 Å². The summed E-state index contributed by atoms with van der Waals surface area (Å²) in [5, 5.41) is 0. The van der Waals surface area contributed by atoms with Crippen molar-refractivity contribution < 1.29 is 0 Å². The number of allylic oxidation sites excluding steroid dienone is 1. The molecule has 1 atom stereocenters. The van der Waals surface area contributed by atoms with Gasteiger partial charge in [-0.05, 0) is 34.6 Å². The Balaban J connectivity index is 3.22. The van der Waals surface area contributed by atoms with Crippen molar-refractivity contribution in [2.24, 2.45) is 0 Å². The van der Waals surface area contributed by atoms with Crippen LogP contribution in [-0.4, -0.2) is 0 Å². The van der Waals surface area contributed by atoms with Crippen LogP contribution in [0.3, 0.4) is 0 Å². The van der Waals surface area contributed by atoms with Crippen molar-refractivity contribution in [3.8, 4) is 0 Å². The van der Waals surface area contributed by atoms with Crippen molar-refractivity contribution in [1.82, 2.24) is 0 Å². The Morgan fingerprint density at radius 1 is 1.27 bits per heavy atom. The van der Waals surface area contributed by atoms with Gasteiger partial charge in [0.05, 0.1) is 0 Å². The lowest BCUT2D eigenvalue weighted by Crippen LogP contribution is -2.11. The minimum absolute atomic E-state index is 0.194. The minimum atomic E-state index is 0.194. The smallest absolute Gasteiger partial charge is 0.0181 e. The molecule has 15 heavy (non-hydrogen) atoms. The van der Waals surface area contributed by atoms with Crippen LogP contribution in [0.15, 0.2) is 35.3 Å². The molecular weight excluding hydrogens is 248 g/mol. The standard InChI is InChI=1S/C14H19Br/c1-6-10(2)11-7-12(14(3,4)5)9-13(15)8-11/h6-10H,1H2,2-5H3. The van der Waals surface area contributed by atoms with Crippen LogP contribution in [-0.2, 0) is 5.41 Å². The lowest BCUT2D eigenvalue weighted by molar-refractivity contribution is 0.588. The zero-order chi connectivity index (χ0) is 11.6. The van der Waals surface area contributed by atoms with Crippen molar-refractivity contribution in [3.05, 3.63) is 46.5 Å². The zero-order valence-electron chi connectivity index (χ0n) is 9.97. The predicted molar refractivity (Wildman–Crippen MR) is 71.5 cm³/mol. The van der Waals surface area contributed by atoms with E-state index in [1.807, 2.05) is 6.08 Å². The van der Waals surface area contributed by atoms with Crippen LogP contribution in [0.4, 0.5) is 0 Å². The van der Waals surface area contributed by atoms with Crippen molar-refractivity contribution in [2.45, 2.75) is 39.0 Å². The molecule has 1 aromatic rings. The van der Waals surface area contributed by atoms with Gasteiger partial charge in [0.25, 0.3) is 0 Å². The summed E-state index contributed by atoms with van der Waals surface area (Å²) in [4.78, 5) is 0. The van der Waals surface area contributed by atoms with Crippen LogP contribution in [0, 0.1) is 0 Å². The monoisotopic (exact) mass is 266 g/mol. The molecule has 0 aromatic heterocycles. The first-order valence-corrected chi connectivity index (χ1v) is 6.07. The summed E-state index contributed by atoms with van der Waals surface area (Å²) >= 11 is 3.57. The van der Waals surface area contributed by atoms with Crippen LogP contribution in [0.1, 0.15) is 44.7 Å². The Hall–Kier alpha value is -0.560. The highest BCUT2D eigenvalue weighted by Crippen LogP contribution is 2.29. The van der Waals surface area contributed by atoms with Crippen LogP contribution in [0.2, 0.25) is 0 Å². The Bertz CT molecular complexity index is 358. The summed E-state index contributed by atoms with van der Waals surface area (Å²) in [6, 6.07) is 6.64. The van der Waals surface area contributed by atoms with Crippen molar-refractivity contribution in [2.75, 3.05) is 0 Å². The molecule has 1 rings (SSSR count). The molecule has 1 unspecified atom stereocenters. The van der Waals surface area contributed by atoms with Gasteiger partial charge in [-0.1, -0.05) is 55.8 Å². The van der Waals surface area contributed by atoms with E-state index in [0.29, 0.717) is 5.92 Å². The van der Waals surface area contributed by atoms with Gasteiger partial charge < -0.3 is 0 Å². The highest BCUT2D eigenvalue weighted by Gasteiger charge is 2.15. The first-order chi connectivity index (χ1) is 6.84. The summed E-state index contributed by atoms with van der Waals surface area (Å²) in [5.74, 6) is 0.406. The maximum absolute atomic E-state index is 3.84. The van der Waals surface area contributed by atoms with E-state index in [4.69, 9.17) is 0 Å². The van der Waals surface area contributed by atoms with E-state index in [-0.39, 0.29) is 5.41 Å². The van der Waals surface area contributed by atoms with Gasteiger partial charge in [0.15, 0.2) is 0 Å². The van der Waals surface area contributed by atoms with E-state index in [1.54, 1.807) is 0 Å².